The molecule has 1 aliphatic carbocycles. The number of hydrogen-bond donors (Lipinski definition) is 1. The second-order valence-electron chi connectivity index (χ2n) is 8.05. The number of carbonyl (C=O) groups excluding carboxylic acids is 1. The summed E-state index contributed by atoms with van der Waals surface area (Å²) in [6, 6.07) is 6.94. The number of rotatable bonds is 6. The highest BCUT2D eigenvalue weighted by atomic mass is 19.1. The van der Waals surface area contributed by atoms with Gasteiger partial charge in [0.15, 0.2) is 5.69 Å². The summed E-state index contributed by atoms with van der Waals surface area (Å²) >= 11 is 0. The van der Waals surface area contributed by atoms with Crippen LogP contribution in [0.25, 0.3) is 0 Å². The summed E-state index contributed by atoms with van der Waals surface area (Å²) in [5.74, 6) is -0.148. The molecule has 1 fully saturated rings. The predicted molar refractivity (Wildman–Crippen MR) is 111 cm³/mol. The monoisotopic (exact) mass is 396 g/mol. The number of carbonyl (C=O) groups is 1. The van der Waals surface area contributed by atoms with Gasteiger partial charge in [-0.3, -0.25) is 9.48 Å². The smallest absolute Gasteiger partial charge is 0.274 e. The highest BCUT2D eigenvalue weighted by Gasteiger charge is 2.31. The van der Waals surface area contributed by atoms with Crippen LogP contribution < -0.4 is 5.32 Å². The molecule has 1 saturated heterocycles. The van der Waals surface area contributed by atoms with Gasteiger partial charge in [0.25, 0.3) is 5.91 Å². The van der Waals surface area contributed by atoms with Gasteiger partial charge in [0.05, 0.1) is 6.54 Å². The lowest BCUT2D eigenvalue weighted by atomic mass is 9.90. The van der Waals surface area contributed by atoms with Gasteiger partial charge in [-0.2, -0.15) is 5.10 Å². The molecule has 1 N–H and O–H groups in total. The maximum Gasteiger partial charge on any atom is 0.274 e. The number of amides is 1. The lowest BCUT2D eigenvalue weighted by molar-refractivity contribution is 0.0716. The first-order valence-corrected chi connectivity index (χ1v) is 10.6. The van der Waals surface area contributed by atoms with Gasteiger partial charge in [-0.15, -0.1) is 6.58 Å². The van der Waals surface area contributed by atoms with Gasteiger partial charge in [0.1, 0.15) is 5.82 Å². The summed E-state index contributed by atoms with van der Waals surface area (Å²) in [6.07, 6.45) is 7.79. The van der Waals surface area contributed by atoms with Crippen LogP contribution in [-0.2, 0) is 25.9 Å². The van der Waals surface area contributed by atoms with Crippen LogP contribution >= 0.6 is 0 Å². The fourth-order valence-corrected chi connectivity index (χ4v) is 4.46. The minimum atomic E-state index is -0.213. The molecular formula is C23H29FN4O. The molecule has 0 radical (unpaired) electrons. The summed E-state index contributed by atoms with van der Waals surface area (Å²) in [6.45, 7) is 6.72. The van der Waals surface area contributed by atoms with E-state index in [1.165, 1.54) is 12.5 Å². The number of hydrogen-bond acceptors (Lipinski definition) is 3. The van der Waals surface area contributed by atoms with Crippen LogP contribution in [0.2, 0.25) is 0 Å². The molecule has 29 heavy (non-hydrogen) atoms. The van der Waals surface area contributed by atoms with Crippen molar-refractivity contribution in [3.63, 3.8) is 0 Å². The van der Waals surface area contributed by atoms with Crippen LogP contribution in [0.5, 0.6) is 0 Å². The Balaban J connectivity index is 1.52. The van der Waals surface area contributed by atoms with E-state index >= 15 is 0 Å². The Kier molecular flexibility index (Phi) is 6.09. The summed E-state index contributed by atoms with van der Waals surface area (Å²) in [4.78, 5) is 15.1. The van der Waals surface area contributed by atoms with Crippen LogP contribution in [0, 0.1) is 5.82 Å². The Morgan fingerprint density at radius 2 is 2.14 bits per heavy atom. The molecule has 0 spiro atoms. The number of fused-ring (bicyclic) bond motifs is 1. The average molecular weight is 397 g/mol. The summed E-state index contributed by atoms with van der Waals surface area (Å²) in [5, 5.41) is 8.24. The number of aromatic nitrogens is 2. The lowest BCUT2D eigenvalue weighted by Gasteiger charge is -2.28. The van der Waals surface area contributed by atoms with Crippen molar-refractivity contribution in [2.45, 2.75) is 57.7 Å². The Bertz CT molecular complexity index is 885. The topological polar surface area (TPSA) is 50.2 Å². The van der Waals surface area contributed by atoms with Gasteiger partial charge in [-0.1, -0.05) is 18.2 Å². The van der Waals surface area contributed by atoms with Crippen molar-refractivity contribution >= 4 is 5.91 Å². The molecule has 0 saturated carbocycles. The zero-order valence-electron chi connectivity index (χ0n) is 16.9. The van der Waals surface area contributed by atoms with E-state index in [2.05, 4.69) is 11.9 Å². The molecule has 1 aromatic heterocycles. The van der Waals surface area contributed by atoms with Crippen molar-refractivity contribution in [2.24, 2.45) is 0 Å². The van der Waals surface area contributed by atoms with Gasteiger partial charge >= 0.3 is 0 Å². The van der Waals surface area contributed by atoms with Crippen molar-refractivity contribution in [1.82, 2.24) is 20.0 Å². The first-order chi connectivity index (χ1) is 14.2. The molecule has 2 aliphatic rings. The second kappa shape index (κ2) is 8.91. The minimum absolute atomic E-state index is 0.0644. The molecule has 1 aliphatic heterocycles. The number of nitrogens with zero attached hydrogens (tertiary/aromatic N) is 3. The Morgan fingerprint density at radius 3 is 2.90 bits per heavy atom. The predicted octanol–water partition coefficient (Wildman–Crippen LogP) is 3.48. The molecule has 0 unspecified atom stereocenters. The van der Waals surface area contributed by atoms with Gasteiger partial charge in [0.2, 0.25) is 0 Å². The molecule has 2 aromatic rings. The summed E-state index contributed by atoms with van der Waals surface area (Å²) < 4.78 is 15.4. The quantitative estimate of drug-likeness (QED) is 0.761. The van der Waals surface area contributed by atoms with E-state index in [0.717, 1.165) is 62.0 Å². The number of halogens is 1. The SMILES string of the molecule is C=CCn1nc(C(=O)N2CCCCC2)c2c1CC[C@@H](NCc1cccc(F)c1)C2. The van der Waals surface area contributed by atoms with E-state index in [4.69, 9.17) is 5.10 Å². The summed E-state index contributed by atoms with van der Waals surface area (Å²) in [7, 11) is 0. The normalized spacial score (nSPS) is 19.1. The maximum absolute atomic E-state index is 13.4. The van der Waals surface area contributed by atoms with Crippen LogP contribution in [0.4, 0.5) is 4.39 Å². The molecular weight excluding hydrogens is 367 g/mol. The molecule has 1 atom stereocenters. The lowest BCUT2D eigenvalue weighted by Crippen LogP contribution is -2.38. The van der Waals surface area contributed by atoms with Crippen LogP contribution in [-0.4, -0.2) is 39.7 Å². The third-order valence-electron chi connectivity index (χ3n) is 5.98. The number of piperidine rings is 1. The van der Waals surface area contributed by atoms with Gasteiger partial charge < -0.3 is 10.2 Å². The van der Waals surface area contributed by atoms with E-state index in [9.17, 15) is 9.18 Å². The molecule has 0 bridgehead atoms. The van der Waals surface area contributed by atoms with Gasteiger partial charge in [-0.25, -0.2) is 4.39 Å². The van der Waals surface area contributed by atoms with Crippen molar-refractivity contribution in [3.05, 3.63) is 65.3 Å². The van der Waals surface area contributed by atoms with E-state index in [1.807, 2.05) is 21.7 Å². The first kappa shape index (κ1) is 19.8. The highest BCUT2D eigenvalue weighted by Crippen LogP contribution is 2.27. The fraction of sp³-hybridized carbons (Fsp3) is 0.478. The Morgan fingerprint density at radius 1 is 1.31 bits per heavy atom. The summed E-state index contributed by atoms with van der Waals surface area (Å²) in [5.41, 5.74) is 3.78. The van der Waals surface area contributed by atoms with Gasteiger partial charge in [0, 0.05) is 36.9 Å². The van der Waals surface area contributed by atoms with Crippen molar-refractivity contribution in [2.75, 3.05) is 13.1 Å². The molecule has 2 heterocycles. The average Bonchev–Trinajstić information content (AvgIpc) is 3.10. The third kappa shape index (κ3) is 4.42. The molecule has 1 aromatic carbocycles. The Hall–Kier alpha value is -2.47. The van der Waals surface area contributed by atoms with Gasteiger partial charge in [-0.05, 0) is 56.2 Å². The molecule has 154 valence electrons. The minimum Gasteiger partial charge on any atom is -0.337 e. The second-order valence-corrected chi connectivity index (χ2v) is 8.05. The molecule has 6 heteroatoms. The first-order valence-electron chi connectivity index (χ1n) is 10.6. The Labute approximate surface area is 171 Å². The standard InChI is InChI=1S/C23H29FN4O/c1-2-11-28-21-10-9-19(25-16-17-7-6-8-18(24)14-17)15-20(21)22(26-28)23(29)27-12-4-3-5-13-27/h2,6-8,14,19,25H,1,3-5,9-13,15-16H2/t19-/m1/s1. The number of likely N-dealkylation sites (tertiary alicyclic amines) is 1. The molecule has 5 nitrogen and oxygen atoms in total. The van der Waals surface area contributed by atoms with E-state index in [1.54, 1.807) is 12.1 Å². The zero-order valence-corrected chi connectivity index (χ0v) is 16.9. The number of benzene rings is 1. The van der Waals surface area contributed by atoms with Crippen molar-refractivity contribution < 1.29 is 9.18 Å². The van der Waals surface area contributed by atoms with E-state index in [0.29, 0.717) is 18.8 Å². The zero-order chi connectivity index (χ0) is 20.2. The molecule has 1 amide bonds. The maximum atomic E-state index is 13.4. The van der Waals surface area contributed by atoms with Crippen molar-refractivity contribution in [3.8, 4) is 0 Å². The van der Waals surface area contributed by atoms with Crippen LogP contribution in [0.15, 0.2) is 36.9 Å². The third-order valence-corrected chi connectivity index (χ3v) is 5.98. The number of nitrogens with one attached hydrogen (secondary N) is 1. The van der Waals surface area contributed by atoms with Crippen LogP contribution in [0.1, 0.15) is 53.0 Å². The molecule has 4 rings (SSSR count). The van der Waals surface area contributed by atoms with Crippen LogP contribution in [0.3, 0.4) is 0 Å². The van der Waals surface area contributed by atoms with E-state index < -0.39 is 0 Å². The highest BCUT2D eigenvalue weighted by molar-refractivity contribution is 5.94. The largest absolute Gasteiger partial charge is 0.337 e. The van der Waals surface area contributed by atoms with E-state index in [-0.39, 0.29) is 17.8 Å². The van der Waals surface area contributed by atoms with Crippen molar-refractivity contribution in [1.29, 1.82) is 0 Å². The fourth-order valence-electron chi connectivity index (χ4n) is 4.46. The number of allylic oxidation sites excluding steroid dienone is 1.